The topological polar surface area (TPSA) is 32.3 Å². The molecule has 2 N–H and O–H groups in total. The molecule has 112 valence electrons. The molecule has 1 atom stereocenters. The van der Waals surface area contributed by atoms with Crippen molar-refractivity contribution < 1.29 is 5.11 Å². The molecule has 2 aromatic carbocycles. The van der Waals surface area contributed by atoms with E-state index in [2.05, 4.69) is 44.1 Å². The molecule has 1 unspecified atom stereocenters. The van der Waals surface area contributed by atoms with Crippen molar-refractivity contribution in [3.63, 3.8) is 0 Å². The monoisotopic (exact) mass is 431 g/mol. The van der Waals surface area contributed by atoms with Crippen molar-refractivity contribution in [1.82, 2.24) is 5.32 Å². The van der Waals surface area contributed by atoms with E-state index in [-0.39, 0.29) is 11.8 Å². The summed E-state index contributed by atoms with van der Waals surface area (Å²) in [4.78, 5) is 0. The lowest BCUT2D eigenvalue weighted by Crippen LogP contribution is -2.20. The molecule has 5 heteroatoms. The van der Waals surface area contributed by atoms with Crippen molar-refractivity contribution in [2.45, 2.75) is 25.9 Å². The molecule has 0 heterocycles. The van der Waals surface area contributed by atoms with Gasteiger partial charge >= 0.3 is 0 Å². The second kappa shape index (κ2) is 7.63. The van der Waals surface area contributed by atoms with Gasteiger partial charge in [0.1, 0.15) is 5.75 Å². The van der Waals surface area contributed by atoms with Gasteiger partial charge in [0.05, 0.1) is 8.95 Å². The lowest BCUT2D eigenvalue weighted by atomic mass is 10.0. The zero-order chi connectivity index (χ0) is 15.4. The molecule has 0 fully saturated rings. The molecule has 2 rings (SSSR count). The maximum Gasteiger partial charge on any atom is 0.143 e. The third-order valence-corrected chi connectivity index (χ3v) is 4.77. The van der Waals surface area contributed by atoms with Gasteiger partial charge in [-0.25, -0.2) is 0 Å². The average Bonchev–Trinajstić information content (AvgIpc) is 2.47. The first-order chi connectivity index (χ1) is 10.0. The third kappa shape index (κ3) is 4.46. The van der Waals surface area contributed by atoms with Crippen LogP contribution in [0.4, 0.5) is 0 Å². The lowest BCUT2D eigenvalue weighted by molar-refractivity contribution is 0.467. The Bertz CT molecular complexity index is 593. The highest BCUT2D eigenvalue weighted by Gasteiger charge is 2.10. The van der Waals surface area contributed by atoms with Gasteiger partial charge in [0.25, 0.3) is 0 Å². The van der Waals surface area contributed by atoms with Crippen LogP contribution in [0.2, 0.25) is 5.02 Å². The van der Waals surface area contributed by atoms with Gasteiger partial charge in [-0.15, -0.1) is 0 Å². The molecule has 0 radical (unpaired) electrons. The number of phenols is 1. The van der Waals surface area contributed by atoms with Gasteiger partial charge < -0.3 is 10.4 Å². The Morgan fingerprint density at radius 2 is 1.71 bits per heavy atom. The van der Waals surface area contributed by atoms with E-state index in [1.165, 1.54) is 5.56 Å². The lowest BCUT2D eigenvalue weighted by Gasteiger charge is -2.18. The molecular weight excluding hydrogens is 417 g/mol. The number of benzene rings is 2. The number of hydrogen-bond acceptors (Lipinski definition) is 2. The van der Waals surface area contributed by atoms with Gasteiger partial charge in [0, 0.05) is 17.6 Å². The Morgan fingerprint density at radius 1 is 1.14 bits per heavy atom. The predicted molar refractivity (Wildman–Crippen MR) is 94.8 cm³/mol. The molecular formula is C16H16Br2ClNO. The van der Waals surface area contributed by atoms with Crippen LogP contribution in [0.3, 0.4) is 0 Å². The summed E-state index contributed by atoms with van der Waals surface area (Å²) in [5, 5.41) is 14.0. The van der Waals surface area contributed by atoms with Crippen LogP contribution < -0.4 is 5.32 Å². The molecule has 0 bridgehead atoms. The van der Waals surface area contributed by atoms with Crippen LogP contribution >= 0.6 is 43.5 Å². The third-order valence-electron chi connectivity index (χ3n) is 3.31. The van der Waals surface area contributed by atoms with Crippen molar-refractivity contribution in [2.24, 2.45) is 0 Å². The first kappa shape index (κ1) is 16.8. The smallest absolute Gasteiger partial charge is 0.143 e. The highest BCUT2D eigenvalue weighted by Crippen LogP contribution is 2.33. The summed E-state index contributed by atoms with van der Waals surface area (Å²) in [5.41, 5.74) is 2.32. The fourth-order valence-corrected chi connectivity index (χ4v) is 3.56. The second-order valence-electron chi connectivity index (χ2n) is 4.80. The highest BCUT2D eigenvalue weighted by atomic mass is 79.9. The SMILES string of the molecule is CCC(NCc1cc(Br)c(O)c(Br)c1)c1ccc(Cl)cc1. The van der Waals surface area contributed by atoms with Crippen molar-refractivity contribution in [3.05, 3.63) is 61.5 Å². The van der Waals surface area contributed by atoms with E-state index < -0.39 is 0 Å². The predicted octanol–water partition coefficient (Wildman–Crippen LogP) is 5.81. The zero-order valence-corrected chi connectivity index (χ0v) is 15.5. The Labute approximate surface area is 146 Å². The highest BCUT2D eigenvalue weighted by molar-refractivity contribution is 9.11. The summed E-state index contributed by atoms with van der Waals surface area (Å²) >= 11 is 12.6. The van der Waals surface area contributed by atoms with E-state index in [0.29, 0.717) is 8.95 Å². The number of rotatable bonds is 5. The van der Waals surface area contributed by atoms with Crippen LogP contribution in [-0.4, -0.2) is 5.11 Å². The van der Waals surface area contributed by atoms with Crippen LogP contribution in [0.1, 0.15) is 30.5 Å². The van der Waals surface area contributed by atoms with Crippen LogP contribution in [0.25, 0.3) is 0 Å². The molecule has 0 saturated carbocycles. The zero-order valence-electron chi connectivity index (χ0n) is 11.5. The summed E-state index contributed by atoms with van der Waals surface area (Å²) in [6, 6.07) is 12.0. The maximum atomic E-state index is 9.73. The minimum absolute atomic E-state index is 0.225. The fourth-order valence-electron chi connectivity index (χ4n) is 2.15. The van der Waals surface area contributed by atoms with Gasteiger partial charge in [-0.3, -0.25) is 0 Å². The number of halogens is 3. The van der Waals surface area contributed by atoms with E-state index >= 15 is 0 Å². The number of nitrogens with one attached hydrogen (secondary N) is 1. The summed E-state index contributed by atoms with van der Waals surface area (Å²) in [5.74, 6) is 0.225. The fraction of sp³-hybridized carbons (Fsp3) is 0.250. The van der Waals surface area contributed by atoms with Crippen LogP contribution in [0, 0.1) is 0 Å². The summed E-state index contributed by atoms with van der Waals surface area (Å²) < 4.78 is 1.38. The van der Waals surface area contributed by atoms with Gasteiger partial charge in [0.15, 0.2) is 0 Å². The van der Waals surface area contributed by atoms with Gasteiger partial charge in [-0.05, 0) is 73.7 Å². The Balaban J connectivity index is 2.08. The summed E-state index contributed by atoms with van der Waals surface area (Å²) in [7, 11) is 0. The van der Waals surface area contributed by atoms with Crippen LogP contribution in [-0.2, 0) is 6.54 Å². The van der Waals surface area contributed by atoms with Crippen molar-refractivity contribution >= 4 is 43.5 Å². The van der Waals surface area contributed by atoms with Gasteiger partial charge in [0.2, 0.25) is 0 Å². The number of phenolic OH excluding ortho intramolecular Hbond substituents is 1. The normalized spacial score (nSPS) is 12.4. The molecule has 0 aliphatic rings. The molecule has 0 aliphatic heterocycles. The molecule has 2 nitrogen and oxygen atoms in total. The van der Waals surface area contributed by atoms with Crippen molar-refractivity contribution in [3.8, 4) is 5.75 Å². The van der Waals surface area contributed by atoms with Crippen LogP contribution in [0.15, 0.2) is 45.3 Å². The van der Waals surface area contributed by atoms with E-state index in [9.17, 15) is 5.11 Å². The molecule has 2 aromatic rings. The average molecular weight is 434 g/mol. The van der Waals surface area contributed by atoms with E-state index in [1.54, 1.807) is 0 Å². The van der Waals surface area contributed by atoms with Gasteiger partial charge in [-0.1, -0.05) is 30.7 Å². The number of hydrogen-bond donors (Lipinski definition) is 2. The Morgan fingerprint density at radius 3 is 2.24 bits per heavy atom. The van der Waals surface area contributed by atoms with Crippen molar-refractivity contribution in [2.75, 3.05) is 0 Å². The van der Waals surface area contributed by atoms with E-state index in [4.69, 9.17) is 11.6 Å². The molecule has 0 aliphatic carbocycles. The molecule has 0 amide bonds. The minimum Gasteiger partial charge on any atom is -0.506 e. The first-order valence-corrected chi connectivity index (χ1v) is 8.63. The van der Waals surface area contributed by atoms with E-state index in [1.807, 2.05) is 36.4 Å². The second-order valence-corrected chi connectivity index (χ2v) is 6.95. The summed E-state index contributed by atoms with van der Waals surface area (Å²) in [6.45, 7) is 2.87. The standard InChI is InChI=1S/C16H16Br2ClNO/c1-2-15(11-3-5-12(19)6-4-11)20-9-10-7-13(17)16(21)14(18)8-10/h3-8,15,20-21H,2,9H2,1H3. The molecule has 0 saturated heterocycles. The molecule has 0 aromatic heterocycles. The quantitative estimate of drug-likeness (QED) is 0.624. The molecule has 0 spiro atoms. The van der Waals surface area contributed by atoms with Gasteiger partial charge in [-0.2, -0.15) is 0 Å². The largest absolute Gasteiger partial charge is 0.506 e. The number of aromatic hydroxyl groups is 1. The van der Waals surface area contributed by atoms with E-state index in [0.717, 1.165) is 23.6 Å². The first-order valence-electron chi connectivity index (χ1n) is 6.67. The maximum absolute atomic E-state index is 9.73. The summed E-state index contributed by atoms with van der Waals surface area (Å²) in [6.07, 6.45) is 0.988. The van der Waals surface area contributed by atoms with Crippen molar-refractivity contribution in [1.29, 1.82) is 0 Å². The molecule has 21 heavy (non-hydrogen) atoms. The van der Waals surface area contributed by atoms with Crippen LogP contribution in [0.5, 0.6) is 5.75 Å². The minimum atomic E-state index is 0.225. The Kier molecular flexibility index (Phi) is 6.11. The Hall–Kier alpha value is -0.550.